The van der Waals surface area contributed by atoms with E-state index in [2.05, 4.69) is 15.1 Å². The van der Waals surface area contributed by atoms with Crippen molar-refractivity contribution in [3.05, 3.63) is 71.4 Å². The first-order valence-electron chi connectivity index (χ1n) is 9.34. The summed E-state index contributed by atoms with van der Waals surface area (Å²) in [5.41, 5.74) is 1.78. The van der Waals surface area contributed by atoms with Crippen LogP contribution in [-0.4, -0.2) is 49.5 Å². The number of aromatic nitrogens is 4. The zero-order valence-corrected chi connectivity index (χ0v) is 16.8. The summed E-state index contributed by atoms with van der Waals surface area (Å²) in [6.07, 6.45) is 6.23. The number of carbonyl (C=O) groups is 3. The van der Waals surface area contributed by atoms with E-state index in [1.807, 2.05) is 6.07 Å². The Kier molecular flexibility index (Phi) is 6.31. The quantitative estimate of drug-likeness (QED) is 0.437. The Balaban J connectivity index is 1.96. The molecule has 1 aromatic carbocycles. The molecule has 2 amide bonds. The number of hydrogen-bond donors (Lipinski definition) is 0. The van der Waals surface area contributed by atoms with Gasteiger partial charge in [-0.1, -0.05) is 18.2 Å². The van der Waals surface area contributed by atoms with Crippen LogP contribution in [0.25, 0.3) is 5.82 Å². The third-order valence-corrected chi connectivity index (χ3v) is 4.55. The van der Waals surface area contributed by atoms with Crippen LogP contribution < -0.4 is 0 Å². The van der Waals surface area contributed by atoms with E-state index in [9.17, 15) is 14.4 Å². The van der Waals surface area contributed by atoms with Crippen LogP contribution in [-0.2, 0) is 9.53 Å². The third kappa shape index (κ3) is 4.09. The Morgan fingerprint density at radius 1 is 1.23 bits per heavy atom. The van der Waals surface area contributed by atoms with Crippen LogP contribution in [0.2, 0.25) is 0 Å². The molecule has 0 radical (unpaired) electrons. The molecule has 1 unspecified atom stereocenters. The number of aryl methyl sites for hydroxylation is 1. The Labute approximate surface area is 173 Å². The van der Waals surface area contributed by atoms with Crippen LogP contribution in [0, 0.1) is 6.92 Å². The van der Waals surface area contributed by atoms with Crippen molar-refractivity contribution in [3.63, 3.8) is 0 Å². The molecular formula is C21H21N5O4. The highest BCUT2D eigenvalue weighted by molar-refractivity contribution is 6.01. The number of rotatable bonds is 7. The van der Waals surface area contributed by atoms with Crippen LogP contribution in [0.3, 0.4) is 0 Å². The van der Waals surface area contributed by atoms with E-state index in [0.29, 0.717) is 23.5 Å². The summed E-state index contributed by atoms with van der Waals surface area (Å²) in [5, 5.41) is 4.16. The molecule has 0 aliphatic carbocycles. The summed E-state index contributed by atoms with van der Waals surface area (Å²) in [7, 11) is 0. The zero-order valence-electron chi connectivity index (χ0n) is 16.8. The van der Waals surface area contributed by atoms with Gasteiger partial charge in [-0.2, -0.15) is 5.10 Å². The van der Waals surface area contributed by atoms with Crippen molar-refractivity contribution in [2.75, 3.05) is 6.61 Å². The predicted molar refractivity (Wildman–Crippen MR) is 107 cm³/mol. The molecule has 0 bridgehead atoms. The summed E-state index contributed by atoms with van der Waals surface area (Å²) in [6, 6.07) is 6.30. The summed E-state index contributed by atoms with van der Waals surface area (Å²) in [5.74, 6) is -0.656. The zero-order chi connectivity index (χ0) is 21.7. The maximum atomic E-state index is 13.0. The van der Waals surface area contributed by atoms with Gasteiger partial charge in [0.2, 0.25) is 6.41 Å². The molecule has 0 saturated heterocycles. The molecule has 0 aliphatic rings. The van der Waals surface area contributed by atoms with Gasteiger partial charge in [0.1, 0.15) is 5.69 Å². The minimum Gasteiger partial charge on any atom is -0.462 e. The summed E-state index contributed by atoms with van der Waals surface area (Å²) in [4.78, 5) is 46.4. The number of hydrogen-bond acceptors (Lipinski definition) is 7. The molecule has 1 atom stereocenters. The third-order valence-electron chi connectivity index (χ3n) is 4.55. The van der Waals surface area contributed by atoms with Crippen LogP contribution >= 0.6 is 0 Å². The lowest BCUT2D eigenvalue weighted by Crippen LogP contribution is -2.34. The standard InChI is InChI=1S/C21H21N5O4/c1-4-30-21(29)16-11-24-26(12-16)19-18(22-9-10-23-19)15(3)25(13-27)20(28)17-8-6-5-7-14(17)2/h5-13,15H,4H2,1-3H3. The van der Waals surface area contributed by atoms with E-state index in [-0.39, 0.29) is 12.2 Å². The van der Waals surface area contributed by atoms with Crippen LogP contribution in [0.5, 0.6) is 0 Å². The highest BCUT2D eigenvalue weighted by Crippen LogP contribution is 2.24. The van der Waals surface area contributed by atoms with Gasteiger partial charge >= 0.3 is 5.97 Å². The Hall–Kier alpha value is -3.88. The van der Waals surface area contributed by atoms with Crippen molar-refractivity contribution in [1.29, 1.82) is 0 Å². The van der Waals surface area contributed by atoms with E-state index in [4.69, 9.17) is 4.74 Å². The van der Waals surface area contributed by atoms with Gasteiger partial charge in [0, 0.05) is 24.2 Å². The Morgan fingerprint density at radius 2 is 1.97 bits per heavy atom. The second-order valence-corrected chi connectivity index (χ2v) is 6.47. The molecular weight excluding hydrogens is 386 g/mol. The van der Waals surface area contributed by atoms with Crippen molar-refractivity contribution >= 4 is 18.3 Å². The van der Waals surface area contributed by atoms with Crippen molar-refractivity contribution in [3.8, 4) is 5.82 Å². The van der Waals surface area contributed by atoms with Gasteiger partial charge in [0.15, 0.2) is 5.82 Å². The molecule has 30 heavy (non-hydrogen) atoms. The first-order chi connectivity index (χ1) is 14.5. The van der Waals surface area contributed by atoms with Crippen molar-refractivity contribution in [1.82, 2.24) is 24.6 Å². The second-order valence-electron chi connectivity index (χ2n) is 6.47. The van der Waals surface area contributed by atoms with Crippen molar-refractivity contribution in [2.24, 2.45) is 0 Å². The highest BCUT2D eigenvalue weighted by atomic mass is 16.5. The average Bonchev–Trinajstić information content (AvgIpc) is 3.25. The fraction of sp³-hybridized carbons (Fsp3) is 0.238. The molecule has 9 nitrogen and oxygen atoms in total. The van der Waals surface area contributed by atoms with Gasteiger partial charge < -0.3 is 4.74 Å². The number of benzene rings is 1. The lowest BCUT2D eigenvalue weighted by molar-refractivity contribution is -0.117. The van der Waals surface area contributed by atoms with Gasteiger partial charge in [-0.15, -0.1) is 0 Å². The molecule has 0 aliphatic heterocycles. The number of imide groups is 1. The van der Waals surface area contributed by atoms with Gasteiger partial charge in [-0.05, 0) is 32.4 Å². The predicted octanol–water partition coefficient (Wildman–Crippen LogP) is 2.51. The molecule has 9 heteroatoms. The van der Waals surface area contributed by atoms with E-state index in [1.165, 1.54) is 29.5 Å². The van der Waals surface area contributed by atoms with E-state index in [1.54, 1.807) is 39.0 Å². The lowest BCUT2D eigenvalue weighted by atomic mass is 10.1. The average molecular weight is 407 g/mol. The molecule has 2 heterocycles. The van der Waals surface area contributed by atoms with Gasteiger partial charge in [0.25, 0.3) is 5.91 Å². The van der Waals surface area contributed by atoms with E-state index >= 15 is 0 Å². The van der Waals surface area contributed by atoms with Gasteiger partial charge in [-0.3, -0.25) is 19.5 Å². The summed E-state index contributed by atoms with van der Waals surface area (Å²) in [6.45, 7) is 5.43. The Morgan fingerprint density at radius 3 is 2.67 bits per heavy atom. The normalized spacial score (nSPS) is 11.6. The van der Waals surface area contributed by atoms with E-state index in [0.717, 1.165) is 10.5 Å². The number of ether oxygens (including phenoxy) is 1. The fourth-order valence-electron chi connectivity index (χ4n) is 2.97. The van der Waals surface area contributed by atoms with Gasteiger partial charge in [0.05, 0.1) is 24.4 Å². The molecule has 3 aromatic rings. The molecule has 0 spiro atoms. The maximum Gasteiger partial charge on any atom is 0.341 e. The second kappa shape index (κ2) is 9.08. The first kappa shape index (κ1) is 20.8. The molecule has 2 aromatic heterocycles. The largest absolute Gasteiger partial charge is 0.462 e. The molecule has 154 valence electrons. The number of amides is 2. The molecule has 0 N–H and O–H groups in total. The first-order valence-corrected chi connectivity index (χ1v) is 9.34. The number of esters is 1. The van der Waals surface area contributed by atoms with Crippen molar-refractivity contribution < 1.29 is 19.1 Å². The van der Waals surface area contributed by atoms with E-state index < -0.39 is 17.9 Å². The minimum atomic E-state index is -0.728. The van der Waals surface area contributed by atoms with Crippen molar-refractivity contribution in [2.45, 2.75) is 26.8 Å². The monoisotopic (exact) mass is 407 g/mol. The maximum absolute atomic E-state index is 13.0. The Bertz CT molecular complexity index is 1080. The topological polar surface area (TPSA) is 107 Å². The number of nitrogens with zero attached hydrogens (tertiary/aromatic N) is 5. The smallest absolute Gasteiger partial charge is 0.341 e. The molecule has 3 rings (SSSR count). The van der Waals surface area contributed by atoms with Crippen LogP contribution in [0.4, 0.5) is 0 Å². The van der Waals surface area contributed by atoms with Crippen LogP contribution in [0.1, 0.15) is 51.9 Å². The molecule has 0 saturated carbocycles. The lowest BCUT2D eigenvalue weighted by Gasteiger charge is -2.24. The van der Waals surface area contributed by atoms with Crippen LogP contribution in [0.15, 0.2) is 49.1 Å². The summed E-state index contributed by atoms with van der Waals surface area (Å²) < 4.78 is 6.34. The fourth-order valence-corrected chi connectivity index (χ4v) is 2.97. The number of carbonyl (C=O) groups excluding carboxylic acids is 3. The SMILES string of the molecule is CCOC(=O)c1cnn(-c2nccnc2C(C)N(C=O)C(=O)c2ccccc2C)c1. The van der Waals surface area contributed by atoms with Gasteiger partial charge in [-0.25, -0.2) is 14.5 Å². The highest BCUT2D eigenvalue weighted by Gasteiger charge is 2.27. The molecule has 0 fully saturated rings. The minimum absolute atomic E-state index is 0.243. The summed E-state index contributed by atoms with van der Waals surface area (Å²) >= 11 is 0.